The number of allylic oxidation sites excluding steroid dienone is 2. The number of aryl methyl sites for hydroxylation is 1. The minimum atomic E-state index is -0.555. The van der Waals surface area contributed by atoms with E-state index in [-0.39, 0.29) is 0 Å². The van der Waals surface area contributed by atoms with E-state index in [1.807, 2.05) is 79.7 Å². The van der Waals surface area contributed by atoms with Gasteiger partial charge in [0.15, 0.2) is 0 Å². The summed E-state index contributed by atoms with van der Waals surface area (Å²) >= 11 is 0. The summed E-state index contributed by atoms with van der Waals surface area (Å²) in [4.78, 5) is 0. The van der Waals surface area contributed by atoms with Crippen molar-refractivity contribution in [2.24, 2.45) is 0 Å². The van der Waals surface area contributed by atoms with Gasteiger partial charge < -0.3 is 5.11 Å². The molecule has 0 aliphatic rings. The van der Waals surface area contributed by atoms with E-state index in [1.165, 1.54) is 0 Å². The van der Waals surface area contributed by atoms with Gasteiger partial charge >= 0.3 is 0 Å². The molecule has 0 aliphatic carbocycles. The molecule has 2 aromatic rings. The lowest BCUT2D eigenvalue weighted by Gasteiger charge is -2.05. The number of rotatable bonds is 4. The van der Waals surface area contributed by atoms with Crippen LogP contribution in [0.25, 0.3) is 6.08 Å². The fraction of sp³-hybridized carbons (Fsp3) is 0.111. The summed E-state index contributed by atoms with van der Waals surface area (Å²) in [5.74, 6) is 0. The molecule has 0 radical (unpaired) electrons. The quantitative estimate of drug-likeness (QED) is 0.802. The third-order valence-electron chi connectivity index (χ3n) is 2.88. The van der Waals surface area contributed by atoms with Gasteiger partial charge in [-0.2, -0.15) is 0 Å². The van der Waals surface area contributed by atoms with Crippen molar-refractivity contribution >= 4 is 6.08 Å². The molecule has 0 aromatic heterocycles. The van der Waals surface area contributed by atoms with Gasteiger partial charge in [0.05, 0.1) is 6.10 Å². The molecule has 0 aliphatic heterocycles. The highest BCUT2D eigenvalue weighted by molar-refractivity contribution is 5.50. The molecule has 19 heavy (non-hydrogen) atoms. The van der Waals surface area contributed by atoms with Crippen LogP contribution in [-0.4, -0.2) is 5.11 Å². The van der Waals surface area contributed by atoms with Crippen LogP contribution in [0.1, 0.15) is 22.8 Å². The van der Waals surface area contributed by atoms with Crippen LogP contribution >= 0.6 is 0 Å². The van der Waals surface area contributed by atoms with Gasteiger partial charge in [0.2, 0.25) is 0 Å². The Hall–Kier alpha value is -2.12. The van der Waals surface area contributed by atoms with Crippen LogP contribution in [-0.2, 0) is 0 Å². The maximum absolute atomic E-state index is 10.0. The predicted octanol–water partition coefficient (Wildman–Crippen LogP) is 4.30. The molecule has 2 aromatic carbocycles. The minimum absolute atomic E-state index is 0.555. The van der Waals surface area contributed by atoms with Crippen molar-refractivity contribution in [3.8, 4) is 0 Å². The Bertz CT molecular complexity index is 567. The van der Waals surface area contributed by atoms with Crippen LogP contribution in [0.15, 0.2) is 72.8 Å². The average Bonchev–Trinajstić information content (AvgIpc) is 2.44. The molecule has 96 valence electrons. The molecule has 0 heterocycles. The van der Waals surface area contributed by atoms with E-state index in [2.05, 4.69) is 0 Å². The normalized spacial score (nSPS) is 13.2. The second kappa shape index (κ2) is 6.72. The fourth-order valence-electron chi connectivity index (χ4n) is 1.87. The Morgan fingerprint density at radius 2 is 1.74 bits per heavy atom. The lowest BCUT2D eigenvalue weighted by atomic mass is 10.1. The van der Waals surface area contributed by atoms with Gasteiger partial charge in [0.1, 0.15) is 0 Å². The lowest BCUT2D eigenvalue weighted by molar-refractivity contribution is 0.228. The van der Waals surface area contributed by atoms with Crippen LogP contribution in [0.3, 0.4) is 0 Å². The molecule has 0 bridgehead atoms. The Labute approximate surface area is 114 Å². The first-order valence-electron chi connectivity index (χ1n) is 6.40. The summed E-state index contributed by atoms with van der Waals surface area (Å²) in [7, 11) is 0. The summed E-state index contributed by atoms with van der Waals surface area (Å²) in [6.45, 7) is 2.02. The van der Waals surface area contributed by atoms with E-state index in [4.69, 9.17) is 0 Å². The molecule has 0 saturated heterocycles. The lowest BCUT2D eigenvalue weighted by Crippen LogP contribution is -1.92. The van der Waals surface area contributed by atoms with E-state index in [0.29, 0.717) is 0 Å². The zero-order chi connectivity index (χ0) is 13.5. The first-order chi connectivity index (χ1) is 9.25. The highest BCUT2D eigenvalue weighted by Crippen LogP contribution is 2.15. The SMILES string of the molecule is Cc1cccc(C(O)/C=C/C=C/c2ccccc2)c1. The van der Waals surface area contributed by atoms with Crippen LogP contribution in [0.4, 0.5) is 0 Å². The maximum atomic E-state index is 10.0. The monoisotopic (exact) mass is 250 g/mol. The van der Waals surface area contributed by atoms with Crippen molar-refractivity contribution < 1.29 is 5.11 Å². The molecule has 1 atom stereocenters. The molecule has 0 fully saturated rings. The van der Waals surface area contributed by atoms with Gasteiger partial charge in [-0.1, -0.05) is 84.5 Å². The zero-order valence-electron chi connectivity index (χ0n) is 11.0. The number of aliphatic hydroxyl groups excluding tert-OH is 1. The van der Waals surface area contributed by atoms with E-state index >= 15 is 0 Å². The molecule has 2 rings (SSSR count). The largest absolute Gasteiger partial charge is 0.384 e. The Balaban J connectivity index is 1.97. The average molecular weight is 250 g/mol. The first kappa shape index (κ1) is 13.3. The third-order valence-corrected chi connectivity index (χ3v) is 2.88. The summed E-state index contributed by atoms with van der Waals surface area (Å²) in [5.41, 5.74) is 3.23. The van der Waals surface area contributed by atoms with Gasteiger partial charge in [-0.05, 0) is 18.1 Å². The van der Waals surface area contributed by atoms with Crippen molar-refractivity contribution in [2.75, 3.05) is 0 Å². The Morgan fingerprint density at radius 3 is 2.47 bits per heavy atom. The smallest absolute Gasteiger partial charge is 0.0974 e. The van der Waals surface area contributed by atoms with Crippen LogP contribution in [0.5, 0.6) is 0 Å². The van der Waals surface area contributed by atoms with Crippen molar-refractivity contribution in [2.45, 2.75) is 13.0 Å². The number of hydrogen-bond acceptors (Lipinski definition) is 1. The molecule has 1 N–H and O–H groups in total. The Morgan fingerprint density at radius 1 is 0.947 bits per heavy atom. The minimum Gasteiger partial charge on any atom is -0.384 e. The highest BCUT2D eigenvalue weighted by Gasteiger charge is 2.01. The van der Waals surface area contributed by atoms with Gasteiger partial charge in [0, 0.05) is 0 Å². The molecular formula is C18H18O. The molecule has 1 heteroatoms. The van der Waals surface area contributed by atoms with E-state index in [1.54, 1.807) is 6.08 Å². The van der Waals surface area contributed by atoms with Gasteiger partial charge in [-0.25, -0.2) is 0 Å². The maximum Gasteiger partial charge on any atom is 0.0974 e. The van der Waals surface area contributed by atoms with Gasteiger partial charge in [-0.3, -0.25) is 0 Å². The molecule has 0 amide bonds. The van der Waals surface area contributed by atoms with Crippen molar-refractivity contribution in [1.29, 1.82) is 0 Å². The number of aliphatic hydroxyl groups is 1. The molecule has 1 nitrogen and oxygen atoms in total. The second-order valence-electron chi connectivity index (χ2n) is 4.51. The third kappa shape index (κ3) is 4.23. The van der Waals surface area contributed by atoms with Gasteiger partial charge in [0.25, 0.3) is 0 Å². The van der Waals surface area contributed by atoms with E-state index < -0.39 is 6.10 Å². The van der Waals surface area contributed by atoms with Crippen molar-refractivity contribution in [3.63, 3.8) is 0 Å². The summed E-state index contributed by atoms with van der Waals surface area (Å²) in [6.07, 6.45) is 7.06. The summed E-state index contributed by atoms with van der Waals surface area (Å²) in [5, 5.41) is 10.0. The number of benzene rings is 2. The van der Waals surface area contributed by atoms with E-state index in [0.717, 1.165) is 16.7 Å². The van der Waals surface area contributed by atoms with Crippen LogP contribution in [0, 0.1) is 6.92 Å². The zero-order valence-corrected chi connectivity index (χ0v) is 11.0. The summed E-state index contributed by atoms with van der Waals surface area (Å²) in [6, 6.07) is 18.0. The molecular weight excluding hydrogens is 232 g/mol. The van der Waals surface area contributed by atoms with Crippen LogP contribution < -0.4 is 0 Å². The highest BCUT2D eigenvalue weighted by atomic mass is 16.3. The summed E-state index contributed by atoms with van der Waals surface area (Å²) < 4.78 is 0. The molecule has 0 saturated carbocycles. The molecule has 1 unspecified atom stereocenters. The van der Waals surface area contributed by atoms with Gasteiger partial charge in [-0.15, -0.1) is 0 Å². The van der Waals surface area contributed by atoms with E-state index in [9.17, 15) is 5.11 Å². The molecule has 0 spiro atoms. The number of hydrogen-bond donors (Lipinski definition) is 1. The second-order valence-corrected chi connectivity index (χ2v) is 4.51. The first-order valence-corrected chi connectivity index (χ1v) is 6.40. The van der Waals surface area contributed by atoms with Crippen molar-refractivity contribution in [3.05, 3.63) is 89.5 Å². The predicted molar refractivity (Wildman–Crippen MR) is 80.8 cm³/mol. The van der Waals surface area contributed by atoms with Crippen LogP contribution in [0.2, 0.25) is 0 Å². The standard InChI is InChI=1S/C18H18O/c1-15-8-7-12-17(14-15)18(19)13-6-5-11-16-9-3-2-4-10-16/h2-14,18-19H,1H3/b11-5+,13-6+. The Kier molecular flexibility index (Phi) is 4.71. The van der Waals surface area contributed by atoms with Crippen molar-refractivity contribution in [1.82, 2.24) is 0 Å². The fourth-order valence-corrected chi connectivity index (χ4v) is 1.87. The topological polar surface area (TPSA) is 20.2 Å².